The molecule has 0 spiro atoms. The van der Waals surface area contributed by atoms with Crippen LogP contribution in [0.1, 0.15) is 19.4 Å². The van der Waals surface area contributed by atoms with Crippen molar-refractivity contribution in [2.24, 2.45) is 0 Å². The van der Waals surface area contributed by atoms with Crippen molar-refractivity contribution < 1.29 is 24.0 Å². The molecule has 0 radical (unpaired) electrons. The molecule has 0 nitrogen and oxygen atoms in total. The molecule has 0 aliphatic carbocycles. The number of hydrogen-bond donors (Lipinski definition) is 0. The summed E-state index contributed by atoms with van der Waals surface area (Å²) < 4.78 is 0. The van der Waals surface area contributed by atoms with Crippen LogP contribution in [0.25, 0.3) is 0 Å². The zero-order valence-corrected chi connectivity index (χ0v) is 14.8. The summed E-state index contributed by atoms with van der Waals surface area (Å²) in [5.41, 5.74) is 1.48. The summed E-state index contributed by atoms with van der Waals surface area (Å²) in [7, 11) is -1.03. The van der Waals surface area contributed by atoms with E-state index in [0.717, 1.165) is 0 Å². The quantitative estimate of drug-likeness (QED) is 0.543. The van der Waals surface area contributed by atoms with Gasteiger partial charge in [-0.15, -0.1) is 0 Å². The molecule has 0 atom stereocenters. The van der Waals surface area contributed by atoms with Gasteiger partial charge in [0.2, 0.25) is 0 Å². The van der Waals surface area contributed by atoms with E-state index < -0.39 is 7.26 Å². The predicted molar refractivity (Wildman–Crippen MR) is 84.2 cm³/mol. The van der Waals surface area contributed by atoms with E-state index in [4.69, 9.17) is 0 Å². The normalized spacial score (nSPS) is 10.8. The summed E-state index contributed by atoms with van der Waals surface area (Å²) in [6, 6.07) is 22.1. The second-order valence-electron chi connectivity index (χ2n) is 4.76. The Hall–Kier alpha value is -0.400. The van der Waals surface area contributed by atoms with Crippen LogP contribution in [0.4, 0.5) is 0 Å². The lowest BCUT2D eigenvalue weighted by Gasteiger charge is -2.25. The van der Waals surface area contributed by atoms with Crippen LogP contribution in [0.2, 0.25) is 0 Å². The lowest BCUT2D eigenvalue weighted by molar-refractivity contribution is -0.00000378. The van der Waals surface area contributed by atoms with Crippen LogP contribution in [0.15, 0.2) is 60.7 Å². The second kappa shape index (κ2) is 8.01. The smallest absolute Gasteiger partial charge is 0.0942 e. The number of hydrogen-bond acceptors (Lipinski definition) is 0. The molecule has 2 heteroatoms. The van der Waals surface area contributed by atoms with E-state index in [1.165, 1.54) is 24.0 Å². The van der Waals surface area contributed by atoms with Crippen molar-refractivity contribution in [3.05, 3.63) is 66.2 Å². The topological polar surface area (TPSA) is 0 Å². The van der Waals surface area contributed by atoms with E-state index in [2.05, 4.69) is 74.5 Å². The minimum Gasteiger partial charge on any atom is -1.00 e. The zero-order valence-electron chi connectivity index (χ0n) is 11.7. The molecule has 0 bridgehead atoms. The average Bonchev–Trinajstić information content (AvgIpc) is 2.47. The van der Waals surface area contributed by atoms with Crippen molar-refractivity contribution in [3.8, 4) is 0 Å². The summed E-state index contributed by atoms with van der Waals surface area (Å²) in [6.45, 7) is 4.71. The van der Waals surface area contributed by atoms with Crippen molar-refractivity contribution in [2.45, 2.75) is 20.0 Å². The number of benzene rings is 2. The fraction of sp³-hybridized carbons (Fsp3) is 0.294. The molecule has 0 unspecified atom stereocenters. The standard InChI is InChI=1S/C17H22P.HI/c1-3-18(4-2,17-13-9-6-10-14-17)15-16-11-7-5-8-12-16;/h5-14H,3-4,15H2,1-2H3;1H/q+1;/p-1. The van der Waals surface area contributed by atoms with Crippen LogP contribution in [0.3, 0.4) is 0 Å². The van der Waals surface area contributed by atoms with Crippen molar-refractivity contribution in [1.82, 2.24) is 0 Å². The Morgan fingerprint density at radius 1 is 0.737 bits per heavy atom. The number of halogens is 1. The zero-order chi connectivity index (χ0) is 12.8. The maximum atomic E-state index is 2.35. The molecule has 0 amide bonds. The fourth-order valence-corrected chi connectivity index (χ4v) is 6.10. The van der Waals surface area contributed by atoms with Crippen LogP contribution in [-0.2, 0) is 6.16 Å². The Morgan fingerprint density at radius 2 is 1.21 bits per heavy atom. The fourth-order valence-electron chi connectivity index (χ4n) is 2.58. The Labute approximate surface area is 135 Å². The first-order chi connectivity index (χ1) is 8.80. The van der Waals surface area contributed by atoms with Gasteiger partial charge >= 0.3 is 0 Å². The van der Waals surface area contributed by atoms with E-state index in [1.807, 2.05) is 0 Å². The van der Waals surface area contributed by atoms with Crippen LogP contribution in [0, 0.1) is 0 Å². The van der Waals surface area contributed by atoms with E-state index in [9.17, 15) is 0 Å². The molecular formula is C17H22IP. The molecule has 0 fully saturated rings. The van der Waals surface area contributed by atoms with E-state index >= 15 is 0 Å². The lowest BCUT2D eigenvalue weighted by atomic mass is 10.2. The van der Waals surface area contributed by atoms with Gasteiger partial charge in [-0.1, -0.05) is 48.5 Å². The van der Waals surface area contributed by atoms with Gasteiger partial charge in [-0.05, 0) is 31.5 Å². The molecule has 102 valence electrons. The largest absolute Gasteiger partial charge is 1.00 e. The maximum absolute atomic E-state index is 2.35. The van der Waals surface area contributed by atoms with Crippen molar-refractivity contribution in [2.75, 3.05) is 12.3 Å². The van der Waals surface area contributed by atoms with Crippen LogP contribution in [-0.4, -0.2) is 12.3 Å². The molecule has 2 aromatic carbocycles. The molecule has 0 aromatic heterocycles. The van der Waals surface area contributed by atoms with E-state index in [1.54, 1.807) is 5.30 Å². The molecule has 0 N–H and O–H groups in total. The first-order valence-electron chi connectivity index (χ1n) is 6.76. The van der Waals surface area contributed by atoms with Crippen LogP contribution >= 0.6 is 7.26 Å². The second-order valence-corrected chi connectivity index (χ2v) is 9.14. The molecule has 2 aromatic rings. The van der Waals surface area contributed by atoms with E-state index in [-0.39, 0.29) is 24.0 Å². The SMILES string of the molecule is CC[P+](CC)(Cc1ccccc1)c1ccccc1.[I-]. The molecule has 0 saturated heterocycles. The Kier molecular flexibility index (Phi) is 7.02. The summed E-state index contributed by atoms with van der Waals surface area (Å²) in [4.78, 5) is 0. The van der Waals surface area contributed by atoms with Gasteiger partial charge in [0.25, 0.3) is 0 Å². The average molecular weight is 384 g/mol. The first kappa shape index (κ1) is 16.7. The molecule has 2 rings (SSSR count). The Bertz CT molecular complexity index is 463. The number of rotatable bonds is 5. The van der Waals surface area contributed by atoms with Gasteiger partial charge in [0.15, 0.2) is 0 Å². The van der Waals surface area contributed by atoms with Gasteiger partial charge in [-0.2, -0.15) is 0 Å². The van der Waals surface area contributed by atoms with Gasteiger partial charge in [0.05, 0.1) is 31.1 Å². The maximum Gasteiger partial charge on any atom is 0.0942 e. The third kappa shape index (κ3) is 4.03. The summed E-state index contributed by atoms with van der Waals surface area (Å²) in [6.07, 6.45) is 3.83. The third-order valence-electron chi connectivity index (χ3n) is 3.84. The van der Waals surface area contributed by atoms with Crippen molar-refractivity contribution >= 4 is 12.6 Å². The van der Waals surface area contributed by atoms with Gasteiger partial charge < -0.3 is 24.0 Å². The first-order valence-corrected chi connectivity index (χ1v) is 9.11. The lowest BCUT2D eigenvalue weighted by Crippen LogP contribution is -3.00. The highest BCUT2D eigenvalue weighted by atomic mass is 127. The summed E-state index contributed by atoms with van der Waals surface area (Å²) in [5, 5.41) is 1.58. The van der Waals surface area contributed by atoms with E-state index in [0.29, 0.717) is 0 Å². The van der Waals surface area contributed by atoms with Gasteiger partial charge in [0, 0.05) is 0 Å². The van der Waals surface area contributed by atoms with Gasteiger partial charge in [0.1, 0.15) is 0 Å². The highest BCUT2D eigenvalue weighted by Gasteiger charge is 2.36. The summed E-state index contributed by atoms with van der Waals surface area (Å²) >= 11 is 0. The molecule has 19 heavy (non-hydrogen) atoms. The monoisotopic (exact) mass is 384 g/mol. The molecule has 0 aliphatic rings. The molecular weight excluding hydrogens is 362 g/mol. The molecule has 0 saturated carbocycles. The van der Waals surface area contributed by atoms with Crippen molar-refractivity contribution in [3.63, 3.8) is 0 Å². The minimum absolute atomic E-state index is 0. The van der Waals surface area contributed by atoms with Crippen LogP contribution < -0.4 is 29.3 Å². The highest BCUT2D eigenvalue weighted by molar-refractivity contribution is 7.82. The minimum atomic E-state index is -1.03. The molecule has 0 heterocycles. The highest BCUT2D eigenvalue weighted by Crippen LogP contribution is 2.59. The van der Waals surface area contributed by atoms with Gasteiger partial charge in [-0.3, -0.25) is 0 Å². The summed E-state index contributed by atoms with van der Waals surface area (Å²) in [5.74, 6) is 0. The molecule has 0 aliphatic heterocycles. The Balaban J connectivity index is 0.00000180. The van der Waals surface area contributed by atoms with Crippen molar-refractivity contribution in [1.29, 1.82) is 0 Å². The Morgan fingerprint density at radius 3 is 1.68 bits per heavy atom. The predicted octanol–water partition coefficient (Wildman–Crippen LogP) is 1.57. The van der Waals surface area contributed by atoms with Crippen LogP contribution in [0.5, 0.6) is 0 Å². The third-order valence-corrected chi connectivity index (χ3v) is 8.63. The van der Waals surface area contributed by atoms with Gasteiger partial charge in [-0.25, -0.2) is 0 Å².